The molecule has 2 rings (SSSR count). The van der Waals surface area contributed by atoms with E-state index >= 15 is 0 Å². The van der Waals surface area contributed by atoms with Gasteiger partial charge in [-0.15, -0.1) is 0 Å². The van der Waals surface area contributed by atoms with E-state index in [-0.39, 0.29) is 12.0 Å². The number of aliphatic hydroxyl groups is 2. The maximum absolute atomic E-state index is 9.70. The summed E-state index contributed by atoms with van der Waals surface area (Å²) in [4.78, 5) is 4.40. The summed E-state index contributed by atoms with van der Waals surface area (Å²) in [7, 11) is 0. The molecule has 0 amide bonds. The van der Waals surface area contributed by atoms with Gasteiger partial charge >= 0.3 is 0 Å². The van der Waals surface area contributed by atoms with Gasteiger partial charge in [0.2, 0.25) is 5.89 Å². The molecule has 0 saturated heterocycles. The van der Waals surface area contributed by atoms with Crippen LogP contribution in [0, 0.1) is 0 Å². The molecule has 92 valence electrons. The summed E-state index contributed by atoms with van der Waals surface area (Å²) in [5.74, 6) is 0.630. The first-order chi connectivity index (χ1) is 7.93. The number of aromatic nitrogens is 1. The smallest absolute Gasteiger partial charge is 0.200 e. The van der Waals surface area contributed by atoms with E-state index in [0.717, 1.165) is 0 Å². The molecule has 1 heterocycles. The summed E-state index contributed by atoms with van der Waals surface area (Å²) in [5.41, 5.74) is 1.66. The van der Waals surface area contributed by atoms with Crippen LogP contribution in [0.2, 0.25) is 0 Å². The van der Waals surface area contributed by atoms with E-state index < -0.39 is 6.10 Å². The van der Waals surface area contributed by atoms with Crippen molar-refractivity contribution in [2.45, 2.75) is 32.3 Å². The highest BCUT2D eigenvalue weighted by atomic mass is 16.4. The Balaban J connectivity index is 2.61. The van der Waals surface area contributed by atoms with Crippen molar-refractivity contribution < 1.29 is 14.6 Å². The number of benzene rings is 1. The molecule has 0 bridgehead atoms. The van der Waals surface area contributed by atoms with Crippen LogP contribution in [0.4, 0.5) is 0 Å². The monoisotopic (exact) mass is 235 g/mol. The van der Waals surface area contributed by atoms with E-state index in [1.54, 1.807) is 12.1 Å². The second kappa shape index (κ2) is 4.13. The van der Waals surface area contributed by atoms with Crippen molar-refractivity contribution in [2.75, 3.05) is 6.61 Å². The van der Waals surface area contributed by atoms with Gasteiger partial charge in [-0.3, -0.25) is 0 Å². The minimum absolute atomic E-state index is 0.180. The van der Waals surface area contributed by atoms with Gasteiger partial charge in [-0.1, -0.05) is 32.9 Å². The number of oxazole rings is 1. The number of rotatable bonds is 2. The molecule has 0 spiro atoms. The van der Waals surface area contributed by atoms with Gasteiger partial charge in [0.25, 0.3) is 0 Å². The fourth-order valence-electron chi connectivity index (χ4n) is 1.65. The van der Waals surface area contributed by atoms with Crippen molar-refractivity contribution in [1.82, 2.24) is 4.98 Å². The Morgan fingerprint density at radius 3 is 2.65 bits per heavy atom. The molecule has 0 unspecified atom stereocenters. The van der Waals surface area contributed by atoms with E-state index in [1.807, 2.05) is 26.8 Å². The van der Waals surface area contributed by atoms with Crippen molar-refractivity contribution in [3.63, 3.8) is 0 Å². The summed E-state index contributed by atoms with van der Waals surface area (Å²) in [6, 6.07) is 5.37. The first-order valence-electron chi connectivity index (χ1n) is 5.62. The SMILES string of the molecule is CC(C)(C)c1nc2cccc([C@H](O)CO)c2o1. The van der Waals surface area contributed by atoms with Crippen molar-refractivity contribution in [1.29, 1.82) is 0 Å². The van der Waals surface area contributed by atoms with Crippen LogP contribution in [0.15, 0.2) is 22.6 Å². The van der Waals surface area contributed by atoms with Gasteiger partial charge in [0.15, 0.2) is 5.58 Å². The lowest BCUT2D eigenvalue weighted by molar-refractivity contribution is 0.0958. The van der Waals surface area contributed by atoms with Gasteiger partial charge in [0.05, 0.1) is 6.61 Å². The molecule has 1 aromatic heterocycles. The lowest BCUT2D eigenvalue weighted by atomic mass is 9.97. The molecule has 0 aliphatic heterocycles. The molecule has 0 fully saturated rings. The van der Waals surface area contributed by atoms with Crippen LogP contribution in [0.25, 0.3) is 11.1 Å². The molecule has 0 aliphatic rings. The van der Waals surface area contributed by atoms with E-state index in [0.29, 0.717) is 22.6 Å². The van der Waals surface area contributed by atoms with Gasteiger partial charge in [-0.2, -0.15) is 0 Å². The third kappa shape index (κ3) is 2.18. The predicted octanol–water partition coefficient (Wildman–Crippen LogP) is 2.15. The van der Waals surface area contributed by atoms with Crippen LogP contribution >= 0.6 is 0 Å². The first-order valence-corrected chi connectivity index (χ1v) is 5.62. The molecule has 1 atom stereocenters. The molecule has 17 heavy (non-hydrogen) atoms. The topological polar surface area (TPSA) is 66.5 Å². The van der Waals surface area contributed by atoms with Crippen molar-refractivity contribution in [3.05, 3.63) is 29.7 Å². The van der Waals surface area contributed by atoms with E-state index in [4.69, 9.17) is 9.52 Å². The Morgan fingerprint density at radius 2 is 2.06 bits per heavy atom. The molecule has 0 radical (unpaired) electrons. The molecule has 0 saturated carbocycles. The average molecular weight is 235 g/mol. The van der Waals surface area contributed by atoms with Gasteiger partial charge in [0.1, 0.15) is 11.6 Å². The van der Waals surface area contributed by atoms with Crippen molar-refractivity contribution in [2.24, 2.45) is 0 Å². The Hall–Kier alpha value is -1.39. The standard InChI is InChI=1S/C13H17NO3/c1-13(2,3)12-14-9-6-4-5-8(10(16)7-15)11(9)17-12/h4-6,10,15-16H,7H2,1-3H3/t10-/m1/s1. The minimum atomic E-state index is -0.931. The number of hydrogen-bond acceptors (Lipinski definition) is 4. The second-order valence-electron chi connectivity index (χ2n) is 5.16. The normalized spacial score (nSPS) is 14.2. The van der Waals surface area contributed by atoms with Crippen LogP contribution in [-0.2, 0) is 5.41 Å². The third-order valence-corrected chi connectivity index (χ3v) is 2.62. The fourth-order valence-corrected chi connectivity index (χ4v) is 1.65. The largest absolute Gasteiger partial charge is 0.440 e. The molecular formula is C13H17NO3. The Kier molecular flexibility index (Phi) is 2.93. The molecular weight excluding hydrogens is 218 g/mol. The number of hydrogen-bond donors (Lipinski definition) is 2. The van der Waals surface area contributed by atoms with Gasteiger partial charge < -0.3 is 14.6 Å². The summed E-state index contributed by atoms with van der Waals surface area (Å²) in [6.45, 7) is 5.71. The van der Waals surface area contributed by atoms with Gasteiger partial charge in [-0.05, 0) is 6.07 Å². The summed E-state index contributed by atoms with van der Waals surface area (Å²) in [5, 5.41) is 18.7. The Bertz CT molecular complexity index is 525. The number of aliphatic hydroxyl groups excluding tert-OH is 2. The Morgan fingerprint density at radius 1 is 1.35 bits per heavy atom. The average Bonchev–Trinajstić information content (AvgIpc) is 2.71. The minimum Gasteiger partial charge on any atom is -0.440 e. The second-order valence-corrected chi connectivity index (χ2v) is 5.16. The van der Waals surface area contributed by atoms with Crippen LogP contribution in [-0.4, -0.2) is 21.8 Å². The van der Waals surface area contributed by atoms with Crippen LogP contribution in [0.5, 0.6) is 0 Å². The fraction of sp³-hybridized carbons (Fsp3) is 0.462. The first kappa shape index (κ1) is 12.1. The number of nitrogens with zero attached hydrogens (tertiary/aromatic N) is 1. The maximum Gasteiger partial charge on any atom is 0.200 e. The van der Waals surface area contributed by atoms with E-state index in [1.165, 1.54) is 0 Å². The van der Waals surface area contributed by atoms with Crippen molar-refractivity contribution >= 4 is 11.1 Å². The van der Waals surface area contributed by atoms with E-state index in [2.05, 4.69) is 4.98 Å². The zero-order valence-electron chi connectivity index (χ0n) is 10.3. The zero-order chi connectivity index (χ0) is 12.6. The summed E-state index contributed by atoms with van der Waals surface area (Å²) >= 11 is 0. The van der Waals surface area contributed by atoms with Gasteiger partial charge in [-0.25, -0.2) is 4.98 Å². The lowest BCUT2D eigenvalue weighted by Crippen LogP contribution is -2.11. The maximum atomic E-state index is 9.70. The van der Waals surface area contributed by atoms with Crippen LogP contribution in [0.1, 0.15) is 38.3 Å². The van der Waals surface area contributed by atoms with E-state index in [9.17, 15) is 5.11 Å². The molecule has 2 aromatic rings. The molecule has 1 aromatic carbocycles. The highest BCUT2D eigenvalue weighted by Gasteiger charge is 2.23. The quantitative estimate of drug-likeness (QED) is 0.837. The molecule has 4 heteroatoms. The molecule has 0 aliphatic carbocycles. The van der Waals surface area contributed by atoms with Crippen molar-refractivity contribution in [3.8, 4) is 0 Å². The summed E-state index contributed by atoms with van der Waals surface area (Å²) < 4.78 is 5.70. The Labute approximate surface area is 99.9 Å². The highest BCUT2D eigenvalue weighted by molar-refractivity contribution is 5.77. The number of para-hydroxylation sites is 1. The predicted molar refractivity (Wildman–Crippen MR) is 64.8 cm³/mol. The zero-order valence-corrected chi connectivity index (χ0v) is 10.3. The highest BCUT2D eigenvalue weighted by Crippen LogP contribution is 2.30. The lowest BCUT2D eigenvalue weighted by Gasteiger charge is -2.12. The number of fused-ring (bicyclic) bond motifs is 1. The third-order valence-electron chi connectivity index (χ3n) is 2.62. The van der Waals surface area contributed by atoms with Crippen LogP contribution < -0.4 is 0 Å². The molecule has 4 nitrogen and oxygen atoms in total. The summed E-state index contributed by atoms with van der Waals surface area (Å²) in [6.07, 6.45) is -0.931. The van der Waals surface area contributed by atoms with Gasteiger partial charge in [0, 0.05) is 11.0 Å². The van der Waals surface area contributed by atoms with Crippen LogP contribution in [0.3, 0.4) is 0 Å². The molecule has 2 N–H and O–H groups in total.